The third kappa shape index (κ3) is 8.28. The van der Waals surface area contributed by atoms with Crippen molar-refractivity contribution in [1.29, 1.82) is 0 Å². The van der Waals surface area contributed by atoms with Gasteiger partial charge in [0.1, 0.15) is 18.1 Å². The Balaban J connectivity index is 2.99. The number of benzene rings is 1. The molecule has 0 aliphatic heterocycles. The summed E-state index contributed by atoms with van der Waals surface area (Å²) >= 11 is 4.16. The SMILES string of the molecule is C=C(/C(C)=C/C(C)=C(C)/C=C\S)N(CCOc1ccc(O)cc1)/C(=C\C)CCC. The average Bonchev–Trinajstić information content (AvgIpc) is 2.70. The smallest absolute Gasteiger partial charge is 0.119 e. The minimum absolute atomic E-state index is 0.235. The number of aromatic hydroxyl groups is 1. The second kappa shape index (κ2) is 13.0. The van der Waals surface area contributed by atoms with E-state index in [4.69, 9.17) is 4.74 Å². The first-order valence-electron chi connectivity index (χ1n) is 10.0. The summed E-state index contributed by atoms with van der Waals surface area (Å²) in [7, 11) is 0. The Morgan fingerprint density at radius 1 is 1.17 bits per heavy atom. The van der Waals surface area contributed by atoms with Gasteiger partial charge >= 0.3 is 0 Å². The maximum Gasteiger partial charge on any atom is 0.119 e. The molecule has 29 heavy (non-hydrogen) atoms. The molecule has 0 saturated carbocycles. The summed E-state index contributed by atoms with van der Waals surface area (Å²) in [5.41, 5.74) is 5.70. The van der Waals surface area contributed by atoms with Gasteiger partial charge in [-0.3, -0.25) is 0 Å². The molecule has 4 heteroatoms. The van der Waals surface area contributed by atoms with Crippen molar-refractivity contribution in [2.24, 2.45) is 0 Å². The number of hydrogen-bond acceptors (Lipinski definition) is 4. The van der Waals surface area contributed by atoms with E-state index in [-0.39, 0.29) is 5.75 Å². The van der Waals surface area contributed by atoms with Crippen molar-refractivity contribution >= 4 is 12.6 Å². The maximum absolute atomic E-state index is 9.41. The molecule has 0 bridgehead atoms. The Morgan fingerprint density at radius 3 is 2.38 bits per heavy atom. The number of allylic oxidation sites excluding steroid dienone is 7. The van der Waals surface area contributed by atoms with Crippen molar-refractivity contribution in [2.75, 3.05) is 13.2 Å². The Kier molecular flexibility index (Phi) is 11.1. The summed E-state index contributed by atoms with van der Waals surface area (Å²) in [5.74, 6) is 0.977. The van der Waals surface area contributed by atoms with E-state index in [1.165, 1.54) is 16.8 Å². The summed E-state index contributed by atoms with van der Waals surface area (Å²) in [6, 6.07) is 6.80. The van der Waals surface area contributed by atoms with Crippen LogP contribution in [0.5, 0.6) is 11.5 Å². The molecule has 0 unspecified atom stereocenters. The summed E-state index contributed by atoms with van der Waals surface area (Å²) < 4.78 is 5.88. The first-order valence-corrected chi connectivity index (χ1v) is 10.6. The Hall–Kier alpha value is -2.33. The number of phenols is 1. The summed E-state index contributed by atoms with van der Waals surface area (Å²) in [5, 5.41) is 11.2. The van der Waals surface area contributed by atoms with Crippen LogP contribution in [0.4, 0.5) is 0 Å². The van der Waals surface area contributed by atoms with Crippen LogP contribution < -0.4 is 4.74 Å². The molecule has 158 valence electrons. The number of phenolic OH excluding ortho intramolecular Hbond substituents is 1. The fourth-order valence-electron chi connectivity index (χ4n) is 2.92. The van der Waals surface area contributed by atoms with Crippen LogP contribution in [0.3, 0.4) is 0 Å². The molecule has 1 aromatic rings. The first kappa shape index (κ1) is 24.7. The second-order valence-electron chi connectivity index (χ2n) is 6.98. The molecule has 3 nitrogen and oxygen atoms in total. The van der Waals surface area contributed by atoms with E-state index in [1.807, 2.05) is 6.08 Å². The van der Waals surface area contributed by atoms with Crippen LogP contribution in [0.25, 0.3) is 0 Å². The fourth-order valence-corrected chi connectivity index (χ4v) is 3.14. The van der Waals surface area contributed by atoms with Crippen LogP contribution in [0.1, 0.15) is 47.5 Å². The number of nitrogens with zero attached hydrogens (tertiary/aromatic N) is 1. The van der Waals surface area contributed by atoms with Gasteiger partial charge in [-0.05, 0) is 80.5 Å². The molecular formula is C25H35NO2S. The topological polar surface area (TPSA) is 32.7 Å². The van der Waals surface area contributed by atoms with Crippen molar-refractivity contribution in [1.82, 2.24) is 4.90 Å². The molecule has 1 rings (SSSR count). The van der Waals surface area contributed by atoms with E-state index in [2.05, 4.69) is 70.9 Å². The van der Waals surface area contributed by atoms with Gasteiger partial charge in [0, 0.05) is 11.4 Å². The van der Waals surface area contributed by atoms with Crippen molar-refractivity contribution in [3.05, 3.63) is 82.6 Å². The molecule has 0 spiro atoms. The zero-order chi connectivity index (χ0) is 21.8. The van der Waals surface area contributed by atoms with Crippen LogP contribution in [0, 0.1) is 0 Å². The van der Waals surface area contributed by atoms with Gasteiger partial charge in [0.15, 0.2) is 0 Å². The number of rotatable bonds is 11. The molecule has 1 aromatic carbocycles. The highest BCUT2D eigenvalue weighted by Crippen LogP contribution is 2.24. The predicted octanol–water partition coefficient (Wildman–Crippen LogP) is 7.02. The van der Waals surface area contributed by atoms with Gasteiger partial charge in [-0.2, -0.15) is 12.6 Å². The summed E-state index contributed by atoms with van der Waals surface area (Å²) in [6.45, 7) is 16.1. The van der Waals surface area contributed by atoms with Crippen molar-refractivity contribution in [2.45, 2.75) is 47.5 Å². The molecule has 0 fully saturated rings. The molecule has 0 amide bonds. The van der Waals surface area contributed by atoms with Gasteiger partial charge in [0.25, 0.3) is 0 Å². The molecule has 0 radical (unpaired) electrons. The van der Waals surface area contributed by atoms with E-state index < -0.39 is 0 Å². The lowest BCUT2D eigenvalue weighted by Crippen LogP contribution is -2.27. The minimum atomic E-state index is 0.235. The van der Waals surface area contributed by atoms with Crippen molar-refractivity contribution in [3.8, 4) is 11.5 Å². The highest BCUT2D eigenvalue weighted by Gasteiger charge is 2.14. The number of thiol groups is 1. The zero-order valence-electron chi connectivity index (χ0n) is 18.4. The van der Waals surface area contributed by atoms with Gasteiger partial charge in [-0.25, -0.2) is 0 Å². The lowest BCUT2D eigenvalue weighted by atomic mass is 10.1. The second-order valence-corrected chi connectivity index (χ2v) is 7.28. The standard InChI is InChI=1S/C25H35NO2S/c1-7-9-23(8-2)26(15-16-28-25-12-10-24(27)11-13-25)22(6)21(5)18-20(4)19(3)14-17-29/h8,10-14,17-18,27,29H,6-7,9,15-16H2,1-5H3/b17-14-,20-19+,21-18+,23-8-. The van der Waals surface area contributed by atoms with Gasteiger partial charge < -0.3 is 14.7 Å². The van der Waals surface area contributed by atoms with E-state index in [1.54, 1.807) is 29.7 Å². The zero-order valence-corrected chi connectivity index (χ0v) is 19.3. The van der Waals surface area contributed by atoms with E-state index in [0.717, 1.165) is 29.9 Å². The van der Waals surface area contributed by atoms with Crippen LogP contribution in [-0.2, 0) is 0 Å². The lowest BCUT2D eigenvalue weighted by molar-refractivity contribution is 0.266. The van der Waals surface area contributed by atoms with E-state index in [9.17, 15) is 5.11 Å². The van der Waals surface area contributed by atoms with Gasteiger partial charge in [-0.15, -0.1) is 0 Å². The Bertz CT molecular complexity index is 786. The van der Waals surface area contributed by atoms with Crippen molar-refractivity contribution in [3.63, 3.8) is 0 Å². The van der Waals surface area contributed by atoms with Crippen LogP contribution in [0.15, 0.2) is 82.6 Å². The summed E-state index contributed by atoms with van der Waals surface area (Å²) in [6.07, 6.45) is 8.36. The van der Waals surface area contributed by atoms with Crippen LogP contribution in [-0.4, -0.2) is 23.2 Å². The molecule has 0 heterocycles. The molecular weight excluding hydrogens is 378 g/mol. The Morgan fingerprint density at radius 2 is 1.83 bits per heavy atom. The van der Waals surface area contributed by atoms with Gasteiger partial charge in [0.2, 0.25) is 0 Å². The highest BCUT2D eigenvalue weighted by molar-refractivity contribution is 7.83. The first-order chi connectivity index (χ1) is 13.8. The summed E-state index contributed by atoms with van der Waals surface area (Å²) in [4.78, 5) is 2.24. The average molecular weight is 414 g/mol. The van der Waals surface area contributed by atoms with E-state index >= 15 is 0 Å². The van der Waals surface area contributed by atoms with Gasteiger partial charge in [-0.1, -0.05) is 38.2 Å². The highest BCUT2D eigenvalue weighted by atomic mass is 32.1. The third-order valence-corrected chi connectivity index (χ3v) is 4.92. The van der Waals surface area contributed by atoms with Gasteiger partial charge in [0.05, 0.1) is 6.54 Å². The normalized spacial score (nSPS) is 13.4. The molecule has 0 aliphatic rings. The number of ether oxygens (including phenoxy) is 1. The maximum atomic E-state index is 9.41. The quantitative estimate of drug-likeness (QED) is 0.302. The molecule has 0 aromatic heterocycles. The van der Waals surface area contributed by atoms with Crippen molar-refractivity contribution < 1.29 is 9.84 Å². The fraction of sp³-hybridized carbons (Fsp3) is 0.360. The molecule has 0 atom stereocenters. The minimum Gasteiger partial charge on any atom is -0.508 e. The van der Waals surface area contributed by atoms with Crippen LogP contribution in [0.2, 0.25) is 0 Å². The largest absolute Gasteiger partial charge is 0.508 e. The van der Waals surface area contributed by atoms with E-state index in [0.29, 0.717) is 13.2 Å². The Labute approximate surface area is 182 Å². The predicted molar refractivity (Wildman–Crippen MR) is 128 cm³/mol. The number of hydrogen-bond donors (Lipinski definition) is 2. The molecule has 1 N–H and O–H groups in total. The lowest BCUT2D eigenvalue weighted by Gasteiger charge is -2.30. The monoisotopic (exact) mass is 413 g/mol. The molecule has 0 aliphatic carbocycles. The molecule has 0 saturated heterocycles. The van der Waals surface area contributed by atoms with Crippen LogP contribution >= 0.6 is 12.6 Å². The third-order valence-electron chi connectivity index (χ3n) is 4.77.